The molecule has 3 heterocycles. The van der Waals surface area contributed by atoms with Crippen LogP contribution in [0.5, 0.6) is 5.75 Å². The van der Waals surface area contributed by atoms with Gasteiger partial charge >= 0.3 is 12.3 Å². The molecule has 8 heteroatoms. The molecule has 1 amide bonds. The Balaban J connectivity index is 1.59. The highest BCUT2D eigenvalue weighted by Crippen LogP contribution is 2.51. The van der Waals surface area contributed by atoms with E-state index in [0.717, 1.165) is 55.1 Å². The van der Waals surface area contributed by atoms with Crippen LogP contribution in [-0.4, -0.2) is 49.4 Å². The number of fused-ring (bicyclic) bond motifs is 3. The maximum absolute atomic E-state index is 14.1. The SMILES string of the molecule is COc1ccc(-c2cc3c4c(c2)[C@@H]2CN(C(=O)OC(C)(C)C)CCC[C@@H]2N4CCC3)c(C(F)(F)F)c1. The van der Waals surface area contributed by atoms with Gasteiger partial charge in [0, 0.05) is 37.3 Å². The molecule has 2 aromatic rings. The first-order valence-corrected chi connectivity index (χ1v) is 12.6. The molecule has 3 aliphatic heterocycles. The Hall–Kier alpha value is -2.90. The Bertz CT molecular complexity index is 1170. The van der Waals surface area contributed by atoms with Gasteiger partial charge in [-0.25, -0.2) is 4.79 Å². The lowest BCUT2D eigenvalue weighted by molar-refractivity contribution is -0.137. The Labute approximate surface area is 210 Å². The van der Waals surface area contributed by atoms with E-state index >= 15 is 0 Å². The lowest BCUT2D eigenvalue weighted by atomic mass is 9.88. The van der Waals surface area contributed by atoms with Gasteiger partial charge in [-0.15, -0.1) is 0 Å². The van der Waals surface area contributed by atoms with Crippen molar-refractivity contribution < 1.29 is 27.4 Å². The minimum Gasteiger partial charge on any atom is -0.497 e. The predicted molar refractivity (Wildman–Crippen MR) is 133 cm³/mol. The number of alkyl halides is 3. The summed E-state index contributed by atoms with van der Waals surface area (Å²) in [6, 6.07) is 8.24. The fourth-order valence-electron chi connectivity index (χ4n) is 6.03. The molecule has 0 saturated carbocycles. The van der Waals surface area contributed by atoms with Crippen molar-refractivity contribution in [1.29, 1.82) is 0 Å². The van der Waals surface area contributed by atoms with E-state index in [2.05, 4.69) is 4.90 Å². The number of benzene rings is 2. The van der Waals surface area contributed by atoms with Crippen LogP contribution < -0.4 is 9.64 Å². The minimum atomic E-state index is -4.51. The number of rotatable bonds is 2. The molecule has 0 spiro atoms. The summed E-state index contributed by atoms with van der Waals surface area (Å²) in [5.74, 6) is 0.205. The number of halogens is 3. The van der Waals surface area contributed by atoms with Crippen molar-refractivity contribution in [1.82, 2.24) is 4.90 Å². The van der Waals surface area contributed by atoms with E-state index in [1.807, 2.05) is 32.9 Å². The van der Waals surface area contributed by atoms with Gasteiger partial charge in [-0.3, -0.25) is 0 Å². The molecular weight excluding hydrogens is 469 g/mol. The first-order chi connectivity index (χ1) is 17.0. The summed E-state index contributed by atoms with van der Waals surface area (Å²) >= 11 is 0. The van der Waals surface area contributed by atoms with Crippen LogP contribution in [0.4, 0.5) is 23.7 Å². The van der Waals surface area contributed by atoms with Gasteiger partial charge in [0.15, 0.2) is 0 Å². The van der Waals surface area contributed by atoms with Crippen molar-refractivity contribution in [3.63, 3.8) is 0 Å². The number of aryl methyl sites for hydroxylation is 1. The van der Waals surface area contributed by atoms with Crippen molar-refractivity contribution in [2.45, 2.75) is 70.2 Å². The summed E-state index contributed by atoms with van der Waals surface area (Å²) in [6.07, 6.45) is -1.25. The Morgan fingerprint density at radius 3 is 2.53 bits per heavy atom. The molecule has 2 atom stereocenters. The number of amides is 1. The number of hydrogen-bond acceptors (Lipinski definition) is 4. The van der Waals surface area contributed by atoms with E-state index in [4.69, 9.17) is 9.47 Å². The fraction of sp³-hybridized carbons (Fsp3) is 0.536. The number of ether oxygens (including phenoxy) is 2. The molecule has 0 N–H and O–H groups in total. The zero-order valence-corrected chi connectivity index (χ0v) is 21.2. The van der Waals surface area contributed by atoms with Gasteiger partial charge in [0.2, 0.25) is 0 Å². The van der Waals surface area contributed by atoms with Crippen LogP contribution in [0, 0.1) is 0 Å². The second-order valence-corrected chi connectivity index (χ2v) is 11.0. The van der Waals surface area contributed by atoms with Gasteiger partial charge in [0.05, 0.1) is 12.7 Å². The number of carbonyl (C=O) groups excluding carboxylic acids is 1. The molecule has 0 aliphatic carbocycles. The van der Waals surface area contributed by atoms with Gasteiger partial charge in [-0.05, 0) is 93.0 Å². The Morgan fingerprint density at radius 1 is 1.06 bits per heavy atom. The van der Waals surface area contributed by atoms with Crippen LogP contribution in [0.3, 0.4) is 0 Å². The lowest BCUT2D eigenvalue weighted by Crippen LogP contribution is -2.41. The van der Waals surface area contributed by atoms with Crippen LogP contribution in [-0.2, 0) is 17.3 Å². The average molecular weight is 503 g/mol. The molecular formula is C28H33F3N2O3. The highest BCUT2D eigenvalue weighted by Gasteiger charge is 2.44. The molecule has 36 heavy (non-hydrogen) atoms. The first-order valence-electron chi connectivity index (χ1n) is 12.6. The quantitative estimate of drug-likeness (QED) is 0.462. The van der Waals surface area contributed by atoms with Gasteiger partial charge in [0.25, 0.3) is 0 Å². The Morgan fingerprint density at radius 2 is 1.83 bits per heavy atom. The van der Waals surface area contributed by atoms with Gasteiger partial charge in [-0.2, -0.15) is 13.2 Å². The van der Waals surface area contributed by atoms with E-state index in [1.54, 1.807) is 11.0 Å². The number of anilines is 1. The van der Waals surface area contributed by atoms with E-state index in [-0.39, 0.29) is 29.4 Å². The summed E-state index contributed by atoms with van der Waals surface area (Å²) in [6.45, 7) is 7.61. The average Bonchev–Trinajstić information content (AvgIpc) is 2.96. The summed E-state index contributed by atoms with van der Waals surface area (Å²) in [5.41, 5.74) is 2.73. The molecule has 1 fully saturated rings. The molecule has 0 unspecified atom stereocenters. The monoisotopic (exact) mass is 502 g/mol. The Kier molecular flexibility index (Phi) is 6.12. The first kappa shape index (κ1) is 24.8. The van der Waals surface area contributed by atoms with Crippen LogP contribution in [0.25, 0.3) is 11.1 Å². The number of likely N-dealkylation sites (tertiary alicyclic amines) is 1. The van der Waals surface area contributed by atoms with E-state index in [9.17, 15) is 18.0 Å². The zero-order valence-electron chi connectivity index (χ0n) is 21.2. The van der Waals surface area contributed by atoms with Gasteiger partial charge in [0.1, 0.15) is 11.4 Å². The largest absolute Gasteiger partial charge is 0.497 e. The third-order valence-electron chi connectivity index (χ3n) is 7.45. The van der Waals surface area contributed by atoms with E-state index in [0.29, 0.717) is 18.7 Å². The maximum Gasteiger partial charge on any atom is 0.417 e. The van der Waals surface area contributed by atoms with Crippen LogP contribution >= 0.6 is 0 Å². The van der Waals surface area contributed by atoms with Crippen LogP contribution in [0.2, 0.25) is 0 Å². The molecule has 194 valence electrons. The van der Waals surface area contributed by atoms with Crippen molar-refractivity contribution in [2.75, 3.05) is 31.6 Å². The van der Waals surface area contributed by atoms with Gasteiger partial charge in [-0.1, -0.05) is 6.07 Å². The number of hydrogen-bond donors (Lipinski definition) is 0. The number of carbonyl (C=O) groups is 1. The molecule has 2 aromatic carbocycles. The van der Waals surface area contributed by atoms with Gasteiger partial charge < -0.3 is 19.3 Å². The van der Waals surface area contributed by atoms with Crippen LogP contribution in [0.15, 0.2) is 30.3 Å². The highest BCUT2D eigenvalue weighted by atomic mass is 19.4. The summed E-state index contributed by atoms with van der Waals surface area (Å²) in [4.78, 5) is 17.2. The molecule has 1 saturated heterocycles. The fourth-order valence-corrected chi connectivity index (χ4v) is 6.03. The lowest BCUT2D eigenvalue weighted by Gasteiger charge is -2.33. The molecule has 0 bridgehead atoms. The smallest absolute Gasteiger partial charge is 0.417 e. The van der Waals surface area contributed by atoms with E-state index < -0.39 is 17.3 Å². The third-order valence-corrected chi connectivity index (χ3v) is 7.45. The minimum absolute atomic E-state index is 0.0272. The second-order valence-electron chi connectivity index (χ2n) is 11.0. The van der Waals surface area contributed by atoms with Crippen LogP contribution in [0.1, 0.15) is 62.6 Å². The maximum atomic E-state index is 14.1. The molecule has 0 radical (unpaired) electrons. The van der Waals surface area contributed by atoms with Crippen molar-refractivity contribution in [3.8, 4) is 16.9 Å². The third kappa shape index (κ3) is 4.50. The van der Waals surface area contributed by atoms with Crippen molar-refractivity contribution in [2.24, 2.45) is 0 Å². The number of nitrogens with zero attached hydrogens (tertiary/aromatic N) is 2. The highest BCUT2D eigenvalue weighted by molar-refractivity contribution is 5.79. The zero-order chi connectivity index (χ0) is 25.8. The summed E-state index contributed by atoms with van der Waals surface area (Å²) in [7, 11) is 1.37. The standard InChI is InChI=1S/C28H33F3N2O3/c1-27(2,3)36-26(34)32-11-6-8-24-22(16-32)21-14-18(13-17-7-5-12-33(24)25(17)21)20-10-9-19(35-4)15-23(20)28(29,30)31/h9-10,13-15,22,24H,5-8,11-12,16H2,1-4H3/t22-,24-/m0/s1. The molecule has 5 nitrogen and oxygen atoms in total. The predicted octanol–water partition coefficient (Wildman–Crippen LogP) is 6.63. The second kappa shape index (κ2) is 8.89. The van der Waals surface area contributed by atoms with Crippen molar-refractivity contribution >= 4 is 11.8 Å². The molecule has 3 aliphatic rings. The normalized spacial score (nSPS) is 21.5. The summed E-state index contributed by atoms with van der Waals surface area (Å²) in [5, 5.41) is 0. The van der Waals surface area contributed by atoms with E-state index in [1.165, 1.54) is 13.2 Å². The summed E-state index contributed by atoms with van der Waals surface area (Å²) < 4.78 is 52.9. The topological polar surface area (TPSA) is 42.0 Å². The van der Waals surface area contributed by atoms with Crippen molar-refractivity contribution in [3.05, 3.63) is 47.0 Å². The molecule has 5 rings (SSSR count). The molecule has 0 aromatic heterocycles. The number of methoxy groups -OCH3 is 1.